The molecule has 1 saturated heterocycles. The molecular weight excluding hydrogens is 505 g/mol. The molecule has 0 N–H and O–H groups in total. The number of carbonyl (C=O) groups is 1. The third kappa shape index (κ3) is 4.32. The summed E-state index contributed by atoms with van der Waals surface area (Å²) in [4.78, 5) is 17.0. The molecule has 2 aromatic heterocycles. The molecule has 0 radical (unpaired) electrons. The van der Waals surface area contributed by atoms with Gasteiger partial charge in [-0.15, -0.1) is 11.3 Å². The highest BCUT2D eigenvalue weighted by atomic mass is 32.2. The number of methoxy groups -OCH3 is 1. The minimum atomic E-state index is -4.72. The molecule has 34 heavy (non-hydrogen) atoms. The van der Waals surface area contributed by atoms with Crippen LogP contribution in [0.2, 0.25) is 0 Å². The van der Waals surface area contributed by atoms with Crippen LogP contribution in [0, 0.1) is 11.6 Å². The van der Waals surface area contributed by atoms with E-state index >= 15 is 0 Å². The van der Waals surface area contributed by atoms with Gasteiger partial charge >= 0.3 is 12.1 Å². The first-order valence-corrected chi connectivity index (χ1v) is 12.0. The van der Waals surface area contributed by atoms with E-state index < -0.39 is 44.3 Å². The predicted molar refractivity (Wildman–Crippen MR) is 113 cm³/mol. The summed E-state index contributed by atoms with van der Waals surface area (Å²) in [6.07, 6.45) is -4.72. The van der Waals surface area contributed by atoms with Crippen LogP contribution in [0.1, 0.15) is 15.9 Å². The number of anilines is 1. The number of sulfonamides is 1. The van der Waals surface area contributed by atoms with Crippen molar-refractivity contribution in [3.8, 4) is 0 Å². The van der Waals surface area contributed by atoms with Gasteiger partial charge in [-0.25, -0.2) is 27.0 Å². The normalized spacial score (nSPS) is 15.6. The van der Waals surface area contributed by atoms with Crippen LogP contribution in [-0.2, 0) is 20.9 Å². The number of esters is 1. The van der Waals surface area contributed by atoms with Gasteiger partial charge in [0.15, 0.2) is 0 Å². The Kier molecular flexibility index (Phi) is 6.25. The average molecular weight is 521 g/mol. The van der Waals surface area contributed by atoms with Gasteiger partial charge in [-0.3, -0.25) is 0 Å². The van der Waals surface area contributed by atoms with Gasteiger partial charge in [-0.2, -0.15) is 17.5 Å². The van der Waals surface area contributed by atoms with Crippen molar-refractivity contribution >= 4 is 43.4 Å². The minimum Gasteiger partial charge on any atom is -0.465 e. The number of fused-ring (bicyclic) bond motifs is 1. The topological polar surface area (TPSA) is 79.8 Å². The van der Waals surface area contributed by atoms with Crippen LogP contribution >= 0.6 is 11.3 Å². The number of thiophene rings is 1. The SMILES string of the molecule is COC(=O)c1csc2c(C(F)(F)F)cc(N3CCN(S(=O)(=O)c4ccc(F)cc4F)CC3)nc12. The number of hydrogen-bond acceptors (Lipinski definition) is 7. The van der Waals surface area contributed by atoms with Gasteiger partial charge < -0.3 is 9.64 Å². The summed E-state index contributed by atoms with van der Waals surface area (Å²) >= 11 is 0.719. The summed E-state index contributed by atoms with van der Waals surface area (Å²) in [6, 6.07) is 2.95. The summed E-state index contributed by atoms with van der Waals surface area (Å²) in [6.45, 7) is -0.438. The average Bonchev–Trinajstić information content (AvgIpc) is 3.21. The molecular formula is C20H16F5N3O4S2. The number of halogens is 5. The molecule has 1 aliphatic heterocycles. The van der Waals surface area contributed by atoms with E-state index in [1.807, 2.05) is 0 Å². The summed E-state index contributed by atoms with van der Waals surface area (Å²) in [5.74, 6) is -3.09. The summed E-state index contributed by atoms with van der Waals surface area (Å²) in [7, 11) is -3.19. The van der Waals surface area contributed by atoms with Gasteiger partial charge in [0.25, 0.3) is 0 Å². The largest absolute Gasteiger partial charge is 0.465 e. The minimum absolute atomic E-state index is 0.0461. The van der Waals surface area contributed by atoms with Crippen LogP contribution in [0.3, 0.4) is 0 Å². The third-order valence-corrected chi connectivity index (χ3v) is 8.23. The maximum absolute atomic E-state index is 14.0. The number of ether oxygens (including phenoxy) is 1. The number of hydrogen-bond donors (Lipinski definition) is 0. The van der Waals surface area contributed by atoms with Gasteiger partial charge in [-0.05, 0) is 18.2 Å². The molecule has 3 heterocycles. The fraction of sp³-hybridized carbons (Fsp3) is 0.300. The highest BCUT2D eigenvalue weighted by molar-refractivity contribution is 7.89. The Balaban J connectivity index is 1.65. The number of alkyl halides is 3. The summed E-state index contributed by atoms with van der Waals surface area (Å²) < 4.78 is 99.3. The molecule has 0 bridgehead atoms. The fourth-order valence-corrected chi connectivity index (χ4v) is 6.08. The van der Waals surface area contributed by atoms with Crippen LogP contribution in [-0.4, -0.2) is 57.0 Å². The van der Waals surface area contributed by atoms with E-state index in [1.165, 1.54) is 10.3 Å². The maximum Gasteiger partial charge on any atom is 0.417 e. The van der Waals surface area contributed by atoms with E-state index in [0.717, 1.165) is 41.0 Å². The first kappa shape index (κ1) is 24.3. The second-order valence-electron chi connectivity index (χ2n) is 7.31. The lowest BCUT2D eigenvalue weighted by Crippen LogP contribution is -2.49. The van der Waals surface area contributed by atoms with E-state index in [9.17, 15) is 35.2 Å². The molecule has 3 aromatic rings. The molecule has 7 nitrogen and oxygen atoms in total. The zero-order chi connectivity index (χ0) is 24.8. The van der Waals surface area contributed by atoms with Crippen LogP contribution in [0.15, 0.2) is 34.5 Å². The highest BCUT2D eigenvalue weighted by Gasteiger charge is 2.37. The quantitative estimate of drug-likeness (QED) is 0.383. The Hall–Kier alpha value is -2.84. The van der Waals surface area contributed by atoms with Gasteiger partial charge in [0.2, 0.25) is 10.0 Å². The lowest BCUT2D eigenvalue weighted by molar-refractivity contribution is -0.136. The number of aromatic nitrogens is 1. The number of rotatable bonds is 4. The molecule has 182 valence electrons. The Morgan fingerprint density at radius 2 is 1.79 bits per heavy atom. The Labute approximate surface area is 194 Å². The van der Waals surface area contributed by atoms with Crippen molar-refractivity contribution in [2.45, 2.75) is 11.1 Å². The van der Waals surface area contributed by atoms with E-state index in [4.69, 9.17) is 0 Å². The Morgan fingerprint density at radius 3 is 2.38 bits per heavy atom. The summed E-state index contributed by atoms with van der Waals surface area (Å²) in [5, 5.41) is 1.24. The lowest BCUT2D eigenvalue weighted by Gasteiger charge is -2.35. The van der Waals surface area contributed by atoms with E-state index in [0.29, 0.717) is 6.07 Å². The fourth-order valence-electron chi connectivity index (χ4n) is 3.60. The molecule has 0 unspecified atom stereocenters. The Bertz CT molecular complexity index is 1370. The summed E-state index contributed by atoms with van der Waals surface area (Å²) in [5.41, 5.74) is -1.25. The number of nitrogens with zero attached hydrogens (tertiary/aromatic N) is 3. The maximum atomic E-state index is 14.0. The molecule has 1 fully saturated rings. The predicted octanol–water partition coefficient (Wildman–Crippen LogP) is 3.89. The lowest BCUT2D eigenvalue weighted by atomic mass is 10.1. The van der Waals surface area contributed by atoms with Gasteiger partial charge in [0, 0.05) is 37.6 Å². The second-order valence-corrected chi connectivity index (χ2v) is 10.1. The zero-order valence-corrected chi connectivity index (χ0v) is 19.0. The van der Waals surface area contributed by atoms with Crippen molar-refractivity contribution in [1.82, 2.24) is 9.29 Å². The van der Waals surface area contributed by atoms with Crippen molar-refractivity contribution in [1.29, 1.82) is 0 Å². The standard InChI is InChI=1S/C20H16F5N3O4S2/c1-32-19(29)12-10-33-18-13(20(23,24)25)9-16(26-17(12)18)27-4-6-28(7-5-27)34(30,31)15-3-2-11(21)8-14(15)22/h2-3,8-10H,4-7H2,1H3. The van der Waals surface area contributed by atoms with E-state index in [-0.39, 0.29) is 47.8 Å². The Morgan fingerprint density at radius 1 is 1.12 bits per heavy atom. The molecule has 1 aromatic carbocycles. The number of benzene rings is 1. The molecule has 0 spiro atoms. The first-order chi connectivity index (χ1) is 15.9. The second kappa shape index (κ2) is 8.74. The van der Waals surface area contributed by atoms with Crippen molar-refractivity contribution in [2.75, 3.05) is 38.2 Å². The number of piperazine rings is 1. The molecule has 0 aliphatic carbocycles. The van der Waals surface area contributed by atoms with Crippen molar-refractivity contribution in [3.05, 3.63) is 52.4 Å². The number of pyridine rings is 1. The smallest absolute Gasteiger partial charge is 0.417 e. The van der Waals surface area contributed by atoms with Crippen LogP contribution in [0.25, 0.3) is 10.2 Å². The van der Waals surface area contributed by atoms with Crippen LogP contribution in [0.5, 0.6) is 0 Å². The van der Waals surface area contributed by atoms with Crippen molar-refractivity contribution in [3.63, 3.8) is 0 Å². The zero-order valence-electron chi connectivity index (χ0n) is 17.4. The molecule has 0 atom stereocenters. The first-order valence-electron chi connectivity index (χ1n) is 9.71. The molecule has 0 saturated carbocycles. The third-order valence-electron chi connectivity index (χ3n) is 5.29. The van der Waals surface area contributed by atoms with Crippen molar-refractivity contribution < 1.29 is 39.9 Å². The van der Waals surface area contributed by atoms with Gasteiger partial charge in [-0.1, -0.05) is 0 Å². The monoisotopic (exact) mass is 521 g/mol. The van der Waals surface area contributed by atoms with Gasteiger partial charge in [0.1, 0.15) is 22.3 Å². The molecule has 14 heteroatoms. The van der Waals surface area contributed by atoms with Crippen molar-refractivity contribution in [2.24, 2.45) is 0 Å². The molecule has 0 amide bonds. The highest BCUT2D eigenvalue weighted by Crippen LogP contribution is 2.40. The molecule has 1 aliphatic rings. The molecule has 4 rings (SSSR count). The van der Waals surface area contributed by atoms with E-state index in [1.54, 1.807) is 0 Å². The van der Waals surface area contributed by atoms with Crippen LogP contribution < -0.4 is 4.90 Å². The number of carbonyl (C=O) groups excluding carboxylic acids is 1. The van der Waals surface area contributed by atoms with E-state index in [2.05, 4.69) is 9.72 Å². The van der Waals surface area contributed by atoms with Crippen LogP contribution in [0.4, 0.5) is 27.8 Å². The van der Waals surface area contributed by atoms with Gasteiger partial charge in [0.05, 0.1) is 28.5 Å².